The fraction of sp³-hybridized carbons (Fsp3) is 0.333. The van der Waals surface area contributed by atoms with E-state index < -0.39 is 69.8 Å². The summed E-state index contributed by atoms with van der Waals surface area (Å²) in [6.45, 7) is 0. The Morgan fingerprint density at radius 2 is 1.64 bits per heavy atom. The number of nitrogens with two attached hydrogens (primary N) is 1. The number of primary amides is 1. The van der Waals surface area contributed by atoms with Gasteiger partial charge in [0.1, 0.15) is 22.8 Å². The quantitative estimate of drug-likeness (QED) is 0.282. The van der Waals surface area contributed by atoms with Gasteiger partial charge in [-0.2, -0.15) is 0 Å². The minimum absolute atomic E-state index is 0.0161. The molecule has 2 aromatic rings. The number of phenols is 1. The molecule has 0 fully saturated rings. The number of carboxylic acids is 1. The summed E-state index contributed by atoms with van der Waals surface area (Å²) in [5.41, 5.74) is 3.19. The molecule has 4 atom stereocenters. The Hall–Kier alpha value is -4.68. The number of carboxylic acid groups (broad SMARTS) is 1. The van der Waals surface area contributed by atoms with Crippen LogP contribution < -0.4 is 10.6 Å². The van der Waals surface area contributed by atoms with Crippen LogP contribution in [0.1, 0.15) is 32.7 Å². The molecule has 0 aliphatic heterocycles. The van der Waals surface area contributed by atoms with Crippen molar-refractivity contribution < 1.29 is 44.7 Å². The first kappa shape index (κ1) is 28.8. The van der Waals surface area contributed by atoms with E-state index in [-0.39, 0.29) is 35.1 Å². The number of Topliss-reactive ketones (excluding diaryl/α,β-unsaturated/α-hetero) is 2. The van der Waals surface area contributed by atoms with Gasteiger partial charge >= 0.3 is 5.97 Å². The molecule has 0 radical (unpaired) electrons. The standard InChI is InChI=1S/C30H31N3O9/c1-32(2)18-11-15(12-5-7-13(8-6-12)29(40)41)23(34)20-16(18)9-14-10-17-22(33(3)4)25(36)21(28(31)39)27(38)30(17,42)26(37)19(14)24(20)35/h5-8,11,14,17,22,34,36-37,42H,9-10H2,1-4H3,(H2,31,39)(H,40,41)/t14-,17-,22+,30-/m0/s1. The van der Waals surface area contributed by atoms with Crippen LogP contribution in [0.25, 0.3) is 11.1 Å². The van der Waals surface area contributed by atoms with Crippen LogP contribution in [0.5, 0.6) is 5.75 Å². The molecule has 220 valence electrons. The third-order valence-corrected chi connectivity index (χ3v) is 8.62. The van der Waals surface area contributed by atoms with Gasteiger partial charge in [0.2, 0.25) is 5.78 Å². The van der Waals surface area contributed by atoms with Crippen molar-refractivity contribution >= 4 is 29.1 Å². The van der Waals surface area contributed by atoms with Crippen LogP contribution in [0.4, 0.5) is 5.69 Å². The number of aliphatic hydroxyl groups is 3. The van der Waals surface area contributed by atoms with E-state index in [1.807, 2.05) is 0 Å². The molecule has 3 aliphatic carbocycles. The van der Waals surface area contributed by atoms with Gasteiger partial charge in [-0.25, -0.2) is 4.79 Å². The van der Waals surface area contributed by atoms with Gasteiger partial charge < -0.3 is 36.2 Å². The topological polar surface area (TPSA) is 202 Å². The van der Waals surface area contributed by atoms with E-state index >= 15 is 0 Å². The van der Waals surface area contributed by atoms with Crippen LogP contribution in [0, 0.1) is 11.8 Å². The molecule has 0 bridgehead atoms. The zero-order chi connectivity index (χ0) is 31.0. The SMILES string of the molecule is CN(C)c1cc(-c2ccc(C(=O)O)cc2)c(O)c2c1C[C@H]1C[C@H]3[C@@H](N(C)C)C(O)=C(C(N)=O)C(=O)[C@@]3(O)C(O)=C1C2=O. The number of ketones is 2. The van der Waals surface area contributed by atoms with E-state index in [9.17, 15) is 44.7 Å². The number of rotatable bonds is 5. The summed E-state index contributed by atoms with van der Waals surface area (Å²) in [4.78, 5) is 54.4. The van der Waals surface area contributed by atoms with Crippen LogP contribution in [-0.4, -0.2) is 93.7 Å². The highest BCUT2D eigenvalue weighted by Gasteiger charge is 2.63. The maximum Gasteiger partial charge on any atom is 0.335 e. The van der Waals surface area contributed by atoms with E-state index in [0.717, 1.165) is 0 Å². The molecule has 1 amide bonds. The van der Waals surface area contributed by atoms with Gasteiger partial charge in [-0.05, 0) is 62.2 Å². The lowest BCUT2D eigenvalue weighted by Gasteiger charge is -2.50. The first-order valence-corrected chi connectivity index (χ1v) is 13.2. The van der Waals surface area contributed by atoms with Crippen molar-refractivity contribution in [3.8, 4) is 16.9 Å². The number of aromatic carboxylic acids is 1. The van der Waals surface area contributed by atoms with Crippen LogP contribution in [0.3, 0.4) is 0 Å². The molecule has 0 saturated heterocycles. The predicted octanol–water partition coefficient (Wildman–Crippen LogP) is 1.55. The summed E-state index contributed by atoms with van der Waals surface area (Å²) in [7, 11) is 6.65. The van der Waals surface area contributed by atoms with E-state index in [1.54, 1.807) is 39.2 Å². The zero-order valence-electron chi connectivity index (χ0n) is 23.4. The normalized spacial score (nSPS) is 25.2. The first-order valence-electron chi connectivity index (χ1n) is 13.2. The number of amides is 1. The summed E-state index contributed by atoms with van der Waals surface area (Å²) in [5, 5.41) is 54.9. The Bertz CT molecular complexity index is 1640. The number of allylic oxidation sites excluding steroid dienone is 1. The number of aliphatic hydroxyl groups excluding tert-OH is 2. The Morgan fingerprint density at radius 3 is 2.17 bits per heavy atom. The van der Waals surface area contributed by atoms with E-state index in [0.29, 0.717) is 16.8 Å². The third kappa shape index (κ3) is 3.90. The summed E-state index contributed by atoms with van der Waals surface area (Å²) < 4.78 is 0. The number of carbonyl (C=O) groups is 4. The molecule has 7 N–H and O–H groups in total. The van der Waals surface area contributed by atoms with Gasteiger partial charge in [0.25, 0.3) is 5.91 Å². The molecule has 0 unspecified atom stereocenters. The largest absolute Gasteiger partial charge is 0.510 e. The average Bonchev–Trinajstić information content (AvgIpc) is 2.90. The number of carbonyl (C=O) groups excluding carboxylic acids is 3. The summed E-state index contributed by atoms with van der Waals surface area (Å²) in [5.74, 6) is -8.32. The number of fused-ring (bicyclic) bond motifs is 3. The Labute approximate surface area is 240 Å². The lowest BCUT2D eigenvalue weighted by molar-refractivity contribution is -0.148. The number of anilines is 1. The van der Waals surface area contributed by atoms with Crippen molar-refractivity contribution in [1.82, 2.24) is 4.90 Å². The highest BCUT2D eigenvalue weighted by atomic mass is 16.4. The zero-order valence-corrected chi connectivity index (χ0v) is 23.4. The summed E-state index contributed by atoms with van der Waals surface area (Å²) in [6.07, 6.45) is 0.131. The van der Waals surface area contributed by atoms with Crippen molar-refractivity contribution in [2.75, 3.05) is 33.1 Å². The van der Waals surface area contributed by atoms with Crippen LogP contribution >= 0.6 is 0 Å². The minimum atomic E-state index is -2.73. The Balaban J connectivity index is 1.73. The number of phenolic OH excluding ortho intramolecular Hbond substituents is 1. The maximum atomic E-state index is 14.1. The Kier molecular flexibility index (Phi) is 6.66. The number of nitrogens with zero attached hydrogens (tertiary/aromatic N) is 2. The van der Waals surface area contributed by atoms with Crippen molar-refractivity contribution in [3.05, 3.63) is 69.7 Å². The molecule has 5 rings (SSSR count). The van der Waals surface area contributed by atoms with E-state index in [1.165, 1.54) is 29.2 Å². The van der Waals surface area contributed by atoms with Gasteiger partial charge in [0.05, 0.1) is 17.2 Å². The van der Waals surface area contributed by atoms with Crippen molar-refractivity contribution in [2.45, 2.75) is 24.5 Å². The molecule has 3 aliphatic rings. The van der Waals surface area contributed by atoms with Crippen molar-refractivity contribution in [3.63, 3.8) is 0 Å². The second-order valence-corrected chi connectivity index (χ2v) is 11.4. The average molecular weight is 578 g/mol. The van der Waals surface area contributed by atoms with E-state index in [2.05, 4.69) is 0 Å². The van der Waals surface area contributed by atoms with Crippen LogP contribution in [0.2, 0.25) is 0 Å². The number of benzene rings is 2. The fourth-order valence-corrected chi connectivity index (χ4v) is 6.71. The third-order valence-electron chi connectivity index (χ3n) is 8.62. The first-order chi connectivity index (χ1) is 19.6. The summed E-state index contributed by atoms with van der Waals surface area (Å²) >= 11 is 0. The molecule has 2 aromatic carbocycles. The molecule has 12 nitrogen and oxygen atoms in total. The van der Waals surface area contributed by atoms with E-state index in [4.69, 9.17) is 5.73 Å². The lowest BCUT2D eigenvalue weighted by Crippen LogP contribution is -2.63. The van der Waals surface area contributed by atoms with Gasteiger partial charge in [-0.15, -0.1) is 0 Å². The van der Waals surface area contributed by atoms with Crippen LogP contribution in [0.15, 0.2) is 53.0 Å². The number of aromatic hydroxyl groups is 1. The highest BCUT2D eigenvalue weighted by Crippen LogP contribution is 2.54. The van der Waals surface area contributed by atoms with Gasteiger partial charge in [-0.3, -0.25) is 19.3 Å². The minimum Gasteiger partial charge on any atom is -0.510 e. The Morgan fingerprint density at radius 1 is 1.02 bits per heavy atom. The van der Waals surface area contributed by atoms with Gasteiger partial charge in [0, 0.05) is 36.8 Å². The fourth-order valence-electron chi connectivity index (χ4n) is 6.71. The van der Waals surface area contributed by atoms with Crippen molar-refractivity contribution in [2.24, 2.45) is 17.6 Å². The lowest BCUT2D eigenvalue weighted by atomic mass is 9.58. The molecule has 0 spiro atoms. The molecule has 12 heteroatoms. The summed E-state index contributed by atoms with van der Waals surface area (Å²) in [6, 6.07) is 6.34. The molecule has 0 saturated carbocycles. The molecule has 0 aromatic heterocycles. The number of hydrogen-bond donors (Lipinski definition) is 6. The number of likely N-dealkylation sites (N-methyl/N-ethyl adjacent to an activating group) is 1. The smallest absolute Gasteiger partial charge is 0.335 e. The molecular weight excluding hydrogens is 546 g/mol. The molecule has 0 heterocycles. The van der Waals surface area contributed by atoms with Gasteiger partial charge in [0.15, 0.2) is 11.4 Å². The predicted molar refractivity (Wildman–Crippen MR) is 150 cm³/mol. The second-order valence-electron chi connectivity index (χ2n) is 11.4. The molecule has 42 heavy (non-hydrogen) atoms. The van der Waals surface area contributed by atoms with Crippen LogP contribution in [-0.2, 0) is 16.0 Å². The highest BCUT2D eigenvalue weighted by molar-refractivity contribution is 6.25. The monoisotopic (exact) mass is 577 g/mol. The maximum absolute atomic E-state index is 14.1. The van der Waals surface area contributed by atoms with Crippen molar-refractivity contribution in [1.29, 1.82) is 0 Å². The van der Waals surface area contributed by atoms with Gasteiger partial charge in [-0.1, -0.05) is 12.1 Å². The molecular formula is C30H31N3O9. The second kappa shape index (κ2) is 9.71. The number of hydrogen-bond acceptors (Lipinski definition) is 10.